The lowest BCUT2D eigenvalue weighted by molar-refractivity contribution is -0.412. The van der Waals surface area contributed by atoms with Crippen LogP contribution in [0.15, 0.2) is 0 Å². The molecule has 9 heteroatoms. The van der Waals surface area contributed by atoms with Gasteiger partial charge in [-0.05, 0) is 0 Å². The summed E-state index contributed by atoms with van der Waals surface area (Å²) >= 11 is 0. The number of hydrogen-bond donors (Lipinski definition) is 0. The third-order valence-electron chi connectivity index (χ3n) is 0.993. The van der Waals surface area contributed by atoms with Gasteiger partial charge in [-0.25, -0.2) is 0 Å². The quantitative estimate of drug-likeness (QED) is 0.535. The van der Waals surface area contributed by atoms with E-state index in [1.165, 1.54) is 0 Å². The van der Waals surface area contributed by atoms with Crippen LogP contribution in [-0.2, 0) is 9.53 Å². The molecule has 0 saturated heterocycles. The monoisotopic (exact) mass is 228 g/mol. The zero-order valence-corrected chi connectivity index (χ0v) is 6.46. The topological polar surface area (TPSA) is 26.3 Å². The highest BCUT2D eigenvalue weighted by Gasteiger charge is 2.76. The third-order valence-corrected chi connectivity index (χ3v) is 0.993. The zero-order valence-electron chi connectivity index (χ0n) is 6.46. The molecule has 0 amide bonds. The molecule has 0 bridgehead atoms. The molecule has 0 saturated carbocycles. The maximum atomic E-state index is 12.0. The third kappa shape index (κ3) is 2.26. The van der Waals surface area contributed by atoms with Crippen molar-refractivity contribution in [1.29, 1.82) is 0 Å². The predicted octanol–water partition coefficient (Wildman–Crippen LogP) is 2.34. The maximum Gasteiger partial charge on any atom is 0.476 e. The van der Waals surface area contributed by atoms with Gasteiger partial charge in [-0.15, -0.1) is 0 Å². The number of alkyl halides is 7. The Balaban J connectivity index is 4.97. The Morgan fingerprint density at radius 3 is 1.57 bits per heavy atom. The summed E-state index contributed by atoms with van der Waals surface area (Å²) in [7, 11) is 0. The molecule has 0 atom stereocenters. The fourth-order valence-corrected chi connectivity index (χ4v) is 0.410. The van der Waals surface area contributed by atoms with Crippen LogP contribution in [0.5, 0.6) is 0 Å². The predicted molar refractivity (Wildman–Crippen MR) is 27.7 cm³/mol. The maximum absolute atomic E-state index is 12.0. The molecule has 0 aliphatic carbocycles. The molecular weight excluding hydrogens is 225 g/mol. The second-order valence-corrected chi connectivity index (χ2v) is 2.18. The molecule has 0 rings (SSSR count). The lowest BCUT2D eigenvalue weighted by atomic mass is 10.3. The Morgan fingerprint density at radius 2 is 1.36 bits per heavy atom. The van der Waals surface area contributed by atoms with Gasteiger partial charge in [0.2, 0.25) is 0 Å². The van der Waals surface area contributed by atoms with Crippen LogP contribution in [0.25, 0.3) is 0 Å². The Bertz CT molecular complexity index is 231. The molecule has 0 spiro atoms. The Kier molecular flexibility index (Phi) is 3.04. The number of hydrogen-bond acceptors (Lipinski definition) is 2. The number of carbonyl (C=O) groups excluding carboxylic acids is 1. The van der Waals surface area contributed by atoms with Crippen LogP contribution >= 0.6 is 0 Å². The van der Waals surface area contributed by atoms with Crippen molar-refractivity contribution in [3.63, 3.8) is 0 Å². The van der Waals surface area contributed by atoms with Gasteiger partial charge in [-0.3, -0.25) is 4.79 Å². The normalized spacial score (nSPS) is 14.0. The van der Waals surface area contributed by atoms with Gasteiger partial charge in [-0.1, -0.05) is 0 Å². The van der Waals surface area contributed by atoms with Crippen LogP contribution in [0.4, 0.5) is 30.7 Å². The number of halogens is 7. The SMILES string of the molecule is CC(=O)OC(F)(F)C(F)(F)C(F)(F)F. The van der Waals surface area contributed by atoms with Crippen LogP contribution in [0.3, 0.4) is 0 Å². The summed E-state index contributed by atoms with van der Waals surface area (Å²) in [5.41, 5.74) is 0. The fourth-order valence-electron chi connectivity index (χ4n) is 0.410. The summed E-state index contributed by atoms with van der Waals surface area (Å²) in [4.78, 5) is 9.83. The van der Waals surface area contributed by atoms with E-state index in [0.29, 0.717) is 0 Å². The van der Waals surface area contributed by atoms with Crippen molar-refractivity contribution in [3.05, 3.63) is 0 Å². The molecule has 0 N–H and O–H groups in total. The summed E-state index contributed by atoms with van der Waals surface area (Å²) in [6, 6.07) is 0. The second-order valence-electron chi connectivity index (χ2n) is 2.18. The minimum Gasteiger partial charge on any atom is -0.396 e. The smallest absolute Gasteiger partial charge is 0.396 e. The first-order chi connectivity index (χ1) is 5.92. The van der Waals surface area contributed by atoms with Gasteiger partial charge in [0.1, 0.15) is 0 Å². The van der Waals surface area contributed by atoms with Crippen molar-refractivity contribution in [1.82, 2.24) is 0 Å². The number of esters is 1. The van der Waals surface area contributed by atoms with Crippen LogP contribution < -0.4 is 0 Å². The van der Waals surface area contributed by atoms with Gasteiger partial charge < -0.3 is 4.74 Å². The van der Waals surface area contributed by atoms with Gasteiger partial charge in [-0.2, -0.15) is 30.7 Å². The summed E-state index contributed by atoms with van der Waals surface area (Å²) < 4.78 is 84.6. The minimum atomic E-state index is -6.49. The summed E-state index contributed by atoms with van der Waals surface area (Å²) in [5.74, 6) is -8.36. The van der Waals surface area contributed by atoms with Crippen molar-refractivity contribution >= 4 is 5.97 Å². The van der Waals surface area contributed by atoms with E-state index in [0.717, 1.165) is 0 Å². The number of rotatable bonds is 2. The second kappa shape index (κ2) is 3.28. The molecule has 0 fully saturated rings. The molecule has 0 aromatic heterocycles. The first-order valence-corrected chi connectivity index (χ1v) is 2.94. The highest BCUT2D eigenvalue weighted by Crippen LogP contribution is 2.46. The number of carbonyl (C=O) groups is 1. The molecule has 2 nitrogen and oxygen atoms in total. The Hall–Kier alpha value is -1.02. The largest absolute Gasteiger partial charge is 0.476 e. The van der Waals surface area contributed by atoms with Gasteiger partial charge in [0.05, 0.1) is 0 Å². The van der Waals surface area contributed by atoms with E-state index >= 15 is 0 Å². The molecule has 0 heterocycles. The lowest BCUT2D eigenvalue weighted by Gasteiger charge is -2.26. The highest BCUT2D eigenvalue weighted by molar-refractivity contribution is 5.66. The van der Waals surface area contributed by atoms with Gasteiger partial charge >= 0.3 is 24.2 Å². The summed E-state index contributed by atoms with van der Waals surface area (Å²) in [6.07, 6.45) is -12.4. The van der Waals surface area contributed by atoms with Crippen LogP contribution in [0.2, 0.25) is 0 Å². The Labute approximate surface area is 72.6 Å². The molecule has 0 radical (unpaired) electrons. The van der Waals surface area contributed by atoms with Crippen molar-refractivity contribution in [2.24, 2.45) is 0 Å². The van der Waals surface area contributed by atoms with Gasteiger partial charge in [0.25, 0.3) is 0 Å². The van der Waals surface area contributed by atoms with E-state index in [1.807, 2.05) is 0 Å². The molecule has 0 aliphatic heterocycles. The van der Waals surface area contributed by atoms with E-state index in [-0.39, 0.29) is 6.92 Å². The van der Waals surface area contributed by atoms with E-state index in [9.17, 15) is 35.5 Å². The summed E-state index contributed by atoms with van der Waals surface area (Å²) in [5, 5.41) is 0. The molecule has 0 aliphatic rings. The average molecular weight is 228 g/mol. The van der Waals surface area contributed by atoms with Gasteiger partial charge in [0.15, 0.2) is 0 Å². The average Bonchev–Trinajstić information content (AvgIpc) is 1.80. The van der Waals surface area contributed by atoms with Crippen molar-refractivity contribution < 1.29 is 40.3 Å². The van der Waals surface area contributed by atoms with E-state index in [2.05, 4.69) is 4.74 Å². The van der Waals surface area contributed by atoms with E-state index in [4.69, 9.17) is 0 Å². The van der Waals surface area contributed by atoms with Crippen LogP contribution in [-0.4, -0.2) is 24.2 Å². The Morgan fingerprint density at radius 1 is 1.00 bits per heavy atom. The van der Waals surface area contributed by atoms with E-state index < -0.39 is 24.2 Å². The zero-order chi connectivity index (χ0) is 11.8. The van der Waals surface area contributed by atoms with Gasteiger partial charge in [0, 0.05) is 6.92 Å². The highest BCUT2D eigenvalue weighted by atomic mass is 19.4. The van der Waals surface area contributed by atoms with Crippen molar-refractivity contribution in [2.45, 2.75) is 25.1 Å². The first kappa shape index (κ1) is 13.0. The molecule has 84 valence electrons. The van der Waals surface area contributed by atoms with Crippen molar-refractivity contribution in [3.8, 4) is 0 Å². The summed E-state index contributed by atoms with van der Waals surface area (Å²) in [6.45, 7) is 0.278. The molecule has 0 unspecified atom stereocenters. The van der Waals surface area contributed by atoms with Crippen molar-refractivity contribution in [2.75, 3.05) is 0 Å². The molecule has 0 aromatic rings. The van der Waals surface area contributed by atoms with Crippen LogP contribution in [0.1, 0.15) is 6.92 Å². The van der Waals surface area contributed by atoms with E-state index in [1.54, 1.807) is 0 Å². The molecule has 0 aromatic carbocycles. The lowest BCUT2D eigenvalue weighted by Crippen LogP contribution is -2.53. The molecule has 14 heavy (non-hydrogen) atoms. The number of ether oxygens (including phenoxy) is 1. The molecular formula is C5H3F7O2. The fraction of sp³-hybridized carbons (Fsp3) is 0.800. The first-order valence-electron chi connectivity index (χ1n) is 2.94. The van der Waals surface area contributed by atoms with Crippen LogP contribution in [0, 0.1) is 0 Å². The minimum absolute atomic E-state index is 0.278. The standard InChI is InChI=1S/C5H3F7O2/c1-2(13)14-5(11,12)3(6,7)4(8,9)10/h1H3.